The average Bonchev–Trinajstić information content (AvgIpc) is 2.45. The van der Waals surface area contributed by atoms with Gasteiger partial charge in [0.2, 0.25) is 0 Å². The van der Waals surface area contributed by atoms with Crippen molar-refractivity contribution < 1.29 is 13.2 Å². The highest BCUT2D eigenvalue weighted by atomic mass is 32.2. The lowest BCUT2D eigenvalue weighted by Gasteiger charge is -2.17. The van der Waals surface area contributed by atoms with Crippen LogP contribution in [0.4, 0.5) is 0 Å². The molecule has 1 rings (SSSR count). The van der Waals surface area contributed by atoms with Gasteiger partial charge in [0.25, 0.3) is 0 Å². The highest BCUT2D eigenvalue weighted by Gasteiger charge is 2.03. The molecular weight excluding hydrogens is 302 g/mol. The molecule has 0 heterocycles. The van der Waals surface area contributed by atoms with Crippen molar-refractivity contribution in [1.29, 1.82) is 0 Å². The Bertz CT molecular complexity index is 557. The van der Waals surface area contributed by atoms with Crippen molar-refractivity contribution in [2.24, 2.45) is 4.99 Å². The van der Waals surface area contributed by atoms with Gasteiger partial charge >= 0.3 is 0 Å². The molecule has 0 fully saturated rings. The van der Waals surface area contributed by atoms with Crippen molar-refractivity contribution in [3.05, 3.63) is 35.9 Å². The molecule has 0 spiro atoms. The fraction of sp³-hybridized carbons (Fsp3) is 0.533. The third kappa shape index (κ3) is 8.63. The highest BCUT2D eigenvalue weighted by Crippen LogP contribution is 2.00. The Morgan fingerprint density at radius 3 is 2.50 bits per heavy atom. The zero-order valence-corrected chi connectivity index (χ0v) is 14.3. The standard InChI is InChI=1S/C15H25N3O3S/c1-18(2)15(17-13-14-7-5-4-6-8-14)16-9-10-21-11-12-22(3,19)20/h4-8H,9-13H2,1-3H3,(H,16,17). The molecule has 0 aromatic heterocycles. The summed E-state index contributed by atoms with van der Waals surface area (Å²) in [6.07, 6.45) is 1.20. The van der Waals surface area contributed by atoms with Crippen molar-refractivity contribution >= 4 is 15.8 Å². The summed E-state index contributed by atoms with van der Waals surface area (Å²) in [5.41, 5.74) is 1.15. The molecular formula is C15H25N3O3S. The molecule has 0 unspecified atom stereocenters. The van der Waals surface area contributed by atoms with Crippen LogP contribution in [0.3, 0.4) is 0 Å². The van der Waals surface area contributed by atoms with Gasteiger partial charge in [-0.2, -0.15) is 0 Å². The van der Waals surface area contributed by atoms with E-state index in [1.165, 1.54) is 6.26 Å². The third-order valence-electron chi connectivity index (χ3n) is 2.81. The van der Waals surface area contributed by atoms with Gasteiger partial charge in [0, 0.05) is 26.9 Å². The largest absolute Gasteiger partial charge is 0.379 e. The van der Waals surface area contributed by atoms with Crippen LogP contribution >= 0.6 is 0 Å². The van der Waals surface area contributed by atoms with E-state index in [1.54, 1.807) is 0 Å². The number of ether oxygens (including phenoxy) is 1. The van der Waals surface area contributed by atoms with Gasteiger partial charge in [-0.3, -0.25) is 0 Å². The first-order valence-electron chi connectivity index (χ1n) is 7.13. The normalized spacial score (nSPS) is 12.2. The summed E-state index contributed by atoms with van der Waals surface area (Å²) in [6, 6.07) is 10.0. The monoisotopic (exact) mass is 327 g/mol. The van der Waals surface area contributed by atoms with E-state index in [9.17, 15) is 8.42 Å². The Kier molecular flexibility index (Phi) is 7.90. The predicted octanol–water partition coefficient (Wildman–Crippen LogP) is 0.755. The minimum Gasteiger partial charge on any atom is -0.379 e. The van der Waals surface area contributed by atoms with E-state index in [0.29, 0.717) is 19.7 Å². The van der Waals surface area contributed by atoms with Gasteiger partial charge in [-0.15, -0.1) is 0 Å². The van der Waals surface area contributed by atoms with Crippen molar-refractivity contribution in [3.63, 3.8) is 0 Å². The van der Waals surface area contributed by atoms with Gasteiger partial charge in [0.15, 0.2) is 5.96 Å². The summed E-state index contributed by atoms with van der Waals surface area (Å²) in [6.45, 7) is 1.85. The fourth-order valence-electron chi connectivity index (χ4n) is 1.65. The summed E-state index contributed by atoms with van der Waals surface area (Å²) in [5, 5.41) is 3.19. The number of rotatable bonds is 8. The van der Waals surface area contributed by atoms with Crippen LogP contribution in [-0.2, 0) is 21.1 Å². The second-order valence-electron chi connectivity index (χ2n) is 5.19. The number of nitrogens with zero attached hydrogens (tertiary/aromatic N) is 2. The first-order chi connectivity index (χ1) is 10.4. The number of benzene rings is 1. The van der Waals surface area contributed by atoms with E-state index in [2.05, 4.69) is 10.3 Å². The number of hydrogen-bond donors (Lipinski definition) is 1. The van der Waals surface area contributed by atoms with Crippen LogP contribution in [0.1, 0.15) is 5.56 Å². The lowest BCUT2D eigenvalue weighted by atomic mass is 10.2. The maximum atomic E-state index is 11.0. The van der Waals surface area contributed by atoms with E-state index >= 15 is 0 Å². The zero-order valence-electron chi connectivity index (χ0n) is 13.4. The second kappa shape index (κ2) is 9.42. The number of nitrogens with one attached hydrogen (secondary N) is 1. The zero-order chi connectivity index (χ0) is 16.4. The summed E-state index contributed by atoms with van der Waals surface area (Å²) < 4.78 is 27.2. The SMILES string of the molecule is CN(C)C(=NCc1ccccc1)NCCOCCS(C)(=O)=O. The van der Waals surface area contributed by atoms with Gasteiger partial charge in [-0.1, -0.05) is 30.3 Å². The average molecular weight is 327 g/mol. The minimum atomic E-state index is -2.96. The Balaban J connectivity index is 2.32. The van der Waals surface area contributed by atoms with Crippen LogP contribution in [-0.4, -0.2) is 65.1 Å². The summed E-state index contributed by atoms with van der Waals surface area (Å²) in [4.78, 5) is 6.43. The summed E-state index contributed by atoms with van der Waals surface area (Å²) in [5.74, 6) is 0.825. The van der Waals surface area contributed by atoms with Gasteiger partial charge in [-0.05, 0) is 5.56 Å². The van der Waals surface area contributed by atoms with E-state index in [4.69, 9.17) is 4.74 Å². The molecule has 124 valence electrons. The Morgan fingerprint density at radius 2 is 1.91 bits per heavy atom. The van der Waals surface area contributed by atoms with Gasteiger partial charge in [-0.25, -0.2) is 13.4 Å². The Morgan fingerprint density at radius 1 is 1.23 bits per heavy atom. The van der Waals surface area contributed by atoms with Gasteiger partial charge in [0.1, 0.15) is 9.84 Å². The molecule has 1 N–H and O–H groups in total. The first-order valence-corrected chi connectivity index (χ1v) is 9.19. The molecule has 0 aliphatic rings. The molecule has 0 aliphatic carbocycles. The summed E-state index contributed by atoms with van der Waals surface area (Å²) >= 11 is 0. The quantitative estimate of drug-likeness (QED) is 0.433. The molecule has 6 nitrogen and oxygen atoms in total. The molecule has 1 aromatic rings. The van der Waals surface area contributed by atoms with Crippen molar-refractivity contribution in [1.82, 2.24) is 10.2 Å². The molecule has 22 heavy (non-hydrogen) atoms. The van der Waals surface area contributed by atoms with Crippen molar-refractivity contribution in [3.8, 4) is 0 Å². The number of aliphatic imine (C=N–C) groups is 1. The van der Waals surface area contributed by atoms with E-state index in [-0.39, 0.29) is 12.4 Å². The van der Waals surface area contributed by atoms with Crippen molar-refractivity contribution in [2.45, 2.75) is 6.54 Å². The third-order valence-corrected chi connectivity index (χ3v) is 3.71. The minimum absolute atomic E-state index is 0.0512. The molecule has 0 radical (unpaired) electrons. The van der Waals surface area contributed by atoms with Crippen molar-refractivity contribution in [2.75, 3.05) is 45.9 Å². The van der Waals surface area contributed by atoms with Gasteiger partial charge < -0.3 is 15.0 Å². The van der Waals surface area contributed by atoms with Gasteiger partial charge in [0.05, 0.1) is 25.5 Å². The lowest BCUT2D eigenvalue weighted by molar-refractivity contribution is 0.153. The van der Waals surface area contributed by atoms with Crippen LogP contribution in [0.2, 0.25) is 0 Å². The van der Waals surface area contributed by atoms with E-state index in [0.717, 1.165) is 11.5 Å². The number of guanidine groups is 1. The number of sulfone groups is 1. The van der Waals surface area contributed by atoms with Crippen LogP contribution in [0.5, 0.6) is 0 Å². The molecule has 0 saturated carbocycles. The maximum Gasteiger partial charge on any atom is 0.193 e. The molecule has 0 bridgehead atoms. The Hall–Kier alpha value is -1.60. The van der Waals surface area contributed by atoms with Crippen LogP contribution in [0.15, 0.2) is 35.3 Å². The molecule has 0 saturated heterocycles. The predicted molar refractivity (Wildman–Crippen MR) is 89.8 cm³/mol. The molecule has 1 aromatic carbocycles. The highest BCUT2D eigenvalue weighted by molar-refractivity contribution is 7.90. The molecule has 0 atom stereocenters. The Labute approximate surface area is 133 Å². The molecule has 7 heteroatoms. The summed E-state index contributed by atoms with van der Waals surface area (Å²) in [7, 11) is 0.878. The van der Waals surface area contributed by atoms with Crippen LogP contribution in [0, 0.1) is 0 Å². The molecule has 0 aliphatic heterocycles. The van der Waals surface area contributed by atoms with E-state index in [1.807, 2.05) is 49.3 Å². The fourth-order valence-corrected chi connectivity index (χ4v) is 2.07. The first kappa shape index (κ1) is 18.4. The smallest absolute Gasteiger partial charge is 0.193 e. The lowest BCUT2D eigenvalue weighted by Crippen LogP contribution is -2.38. The van der Waals surface area contributed by atoms with E-state index < -0.39 is 9.84 Å². The maximum absolute atomic E-state index is 11.0. The van der Waals surface area contributed by atoms with Crippen LogP contribution in [0.25, 0.3) is 0 Å². The number of hydrogen-bond acceptors (Lipinski definition) is 4. The second-order valence-corrected chi connectivity index (χ2v) is 7.45. The molecule has 0 amide bonds. The van der Waals surface area contributed by atoms with Crippen LogP contribution < -0.4 is 5.32 Å². The topological polar surface area (TPSA) is 71.0 Å².